The number of nitrogens with one attached hydrogen (secondary N) is 3. The molecular weight excluding hydrogens is 162 g/mol. The van der Waals surface area contributed by atoms with Gasteiger partial charge in [-0.1, -0.05) is 0 Å². The summed E-state index contributed by atoms with van der Waals surface area (Å²) in [5.41, 5.74) is 0.817. The first-order chi connectivity index (χ1) is 5.36. The van der Waals surface area contributed by atoms with Crippen LogP contribution in [0.25, 0.3) is 11.5 Å². The Morgan fingerprint density at radius 1 is 1.36 bits per heavy atom. The summed E-state index contributed by atoms with van der Waals surface area (Å²) >= 11 is 4.77. The quantitative estimate of drug-likeness (QED) is 0.551. The van der Waals surface area contributed by atoms with Crippen molar-refractivity contribution in [3.8, 4) is 11.5 Å². The van der Waals surface area contributed by atoms with Crippen molar-refractivity contribution in [1.82, 2.24) is 25.4 Å². The van der Waals surface area contributed by atoms with E-state index < -0.39 is 0 Å². The average Bonchev–Trinajstić information content (AvgIpc) is 2.55. The number of aromatic nitrogens is 5. The van der Waals surface area contributed by atoms with Gasteiger partial charge >= 0.3 is 0 Å². The zero-order valence-electron chi connectivity index (χ0n) is 5.46. The fourth-order valence-corrected chi connectivity index (χ4v) is 0.928. The van der Waals surface area contributed by atoms with E-state index >= 15 is 0 Å². The van der Waals surface area contributed by atoms with Gasteiger partial charge in [0.25, 0.3) is 0 Å². The van der Waals surface area contributed by atoms with Crippen molar-refractivity contribution in [2.24, 2.45) is 0 Å². The number of hydrogen-bond donors (Lipinski definition) is 3. The first-order valence-electron chi connectivity index (χ1n) is 3.01. The molecule has 2 aromatic rings. The topological polar surface area (TPSA) is 73.2 Å². The average molecular weight is 167 g/mol. The minimum absolute atomic E-state index is 0.439. The molecule has 2 rings (SSSR count). The van der Waals surface area contributed by atoms with Crippen LogP contribution >= 0.6 is 12.2 Å². The van der Waals surface area contributed by atoms with E-state index in [2.05, 4.69) is 25.4 Å². The Bertz CT molecular complexity index is 383. The van der Waals surface area contributed by atoms with Crippen molar-refractivity contribution in [2.45, 2.75) is 0 Å². The maximum Gasteiger partial charge on any atom is 0.213 e. The molecule has 0 radical (unpaired) electrons. The summed E-state index contributed by atoms with van der Waals surface area (Å²) in [6.45, 7) is 0. The van der Waals surface area contributed by atoms with Gasteiger partial charge in [0, 0.05) is 6.20 Å². The van der Waals surface area contributed by atoms with Gasteiger partial charge in [0.1, 0.15) is 5.69 Å². The van der Waals surface area contributed by atoms with Crippen LogP contribution in [0.5, 0.6) is 0 Å². The van der Waals surface area contributed by atoms with Crippen molar-refractivity contribution in [2.75, 3.05) is 0 Å². The lowest BCUT2D eigenvalue weighted by atomic mass is 10.4. The van der Waals surface area contributed by atoms with Gasteiger partial charge in [-0.25, -0.2) is 0 Å². The zero-order chi connectivity index (χ0) is 7.68. The molecule has 3 N–H and O–H groups in total. The first kappa shape index (κ1) is 6.29. The molecule has 11 heavy (non-hydrogen) atoms. The van der Waals surface area contributed by atoms with Crippen LogP contribution in [-0.4, -0.2) is 25.4 Å². The highest BCUT2D eigenvalue weighted by atomic mass is 32.1. The summed E-state index contributed by atoms with van der Waals surface area (Å²) in [6, 6.07) is 1.81. The van der Waals surface area contributed by atoms with Crippen LogP contribution in [0.4, 0.5) is 0 Å². The molecule has 0 saturated heterocycles. The summed E-state index contributed by atoms with van der Waals surface area (Å²) in [5, 5.41) is 12.0. The Morgan fingerprint density at radius 3 is 2.82 bits per heavy atom. The van der Waals surface area contributed by atoms with Gasteiger partial charge in [-0.2, -0.15) is 10.1 Å². The highest BCUT2D eigenvalue weighted by molar-refractivity contribution is 7.71. The molecule has 0 spiro atoms. The van der Waals surface area contributed by atoms with E-state index in [1.807, 2.05) is 0 Å². The largest absolute Gasteiger partial charge is 0.280 e. The summed E-state index contributed by atoms with van der Waals surface area (Å²) in [6.07, 6.45) is 1.65. The molecule has 0 aliphatic carbocycles. The van der Waals surface area contributed by atoms with Crippen LogP contribution in [0.3, 0.4) is 0 Å². The maximum absolute atomic E-state index is 4.77. The molecule has 0 saturated carbocycles. The monoisotopic (exact) mass is 167 g/mol. The van der Waals surface area contributed by atoms with Crippen LogP contribution in [0, 0.1) is 4.77 Å². The smallest absolute Gasteiger partial charge is 0.213 e. The third kappa shape index (κ3) is 1.07. The lowest BCUT2D eigenvalue weighted by molar-refractivity contribution is 1.05. The Kier molecular flexibility index (Phi) is 1.32. The predicted molar refractivity (Wildman–Crippen MR) is 41.4 cm³/mol. The Morgan fingerprint density at radius 2 is 2.27 bits per heavy atom. The van der Waals surface area contributed by atoms with Crippen LogP contribution < -0.4 is 0 Å². The molecule has 0 fully saturated rings. The van der Waals surface area contributed by atoms with E-state index in [-0.39, 0.29) is 0 Å². The second-order valence-corrected chi connectivity index (χ2v) is 2.37. The van der Waals surface area contributed by atoms with E-state index in [0.717, 1.165) is 5.69 Å². The minimum atomic E-state index is 0.439. The molecule has 0 bridgehead atoms. The first-order valence-corrected chi connectivity index (χ1v) is 3.41. The van der Waals surface area contributed by atoms with Gasteiger partial charge in [0.05, 0.1) is 0 Å². The van der Waals surface area contributed by atoms with Gasteiger partial charge in [0.15, 0.2) is 5.82 Å². The SMILES string of the molecule is S=c1nc(-c2ccn[nH]2)[nH][nH]1. The second kappa shape index (κ2) is 2.31. The molecule has 0 aliphatic rings. The van der Waals surface area contributed by atoms with Crippen LogP contribution in [0.15, 0.2) is 12.3 Å². The summed E-state index contributed by atoms with van der Waals surface area (Å²) in [7, 11) is 0. The fourth-order valence-electron chi connectivity index (χ4n) is 0.785. The summed E-state index contributed by atoms with van der Waals surface area (Å²) in [5.74, 6) is 0.674. The van der Waals surface area contributed by atoms with Crippen molar-refractivity contribution in [3.63, 3.8) is 0 Å². The Balaban J connectivity index is 2.53. The molecule has 0 atom stereocenters. The van der Waals surface area contributed by atoms with E-state index in [1.54, 1.807) is 12.3 Å². The van der Waals surface area contributed by atoms with Crippen molar-refractivity contribution in [1.29, 1.82) is 0 Å². The van der Waals surface area contributed by atoms with Crippen molar-refractivity contribution in [3.05, 3.63) is 17.0 Å². The lowest BCUT2D eigenvalue weighted by Gasteiger charge is -1.84. The third-order valence-electron chi connectivity index (χ3n) is 1.26. The second-order valence-electron chi connectivity index (χ2n) is 1.99. The van der Waals surface area contributed by atoms with E-state index in [9.17, 15) is 0 Å². The molecule has 0 aliphatic heterocycles. The number of nitrogens with zero attached hydrogens (tertiary/aromatic N) is 2. The van der Waals surface area contributed by atoms with Gasteiger partial charge in [-0.05, 0) is 18.3 Å². The zero-order valence-corrected chi connectivity index (χ0v) is 6.27. The van der Waals surface area contributed by atoms with Crippen LogP contribution in [-0.2, 0) is 0 Å². The Hall–Kier alpha value is -1.43. The predicted octanol–water partition coefficient (Wildman–Crippen LogP) is 0.857. The van der Waals surface area contributed by atoms with Crippen LogP contribution in [0.1, 0.15) is 0 Å². The van der Waals surface area contributed by atoms with E-state index in [1.165, 1.54) is 0 Å². The maximum atomic E-state index is 4.77. The molecular formula is C5H5N5S. The highest BCUT2D eigenvalue weighted by Gasteiger charge is 1.99. The lowest BCUT2D eigenvalue weighted by Crippen LogP contribution is -1.79. The molecule has 0 unspecified atom stereocenters. The van der Waals surface area contributed by atoms with Gasteiger partial charge in [0.2, 0.25) is 4.77 Å². The number of aromatic amines is 3. The highest BCUT2D eigenvalue weighted by Crippen LogP contribution is 2.07. The fraction of sp³-hybridized carbons (Fsp3) is 0. The molecule has 6 heteroatoms. The van der Waals surface area contributed by atoms with E-state index in [0.29, 0.717) is 10.6 Å². The molecule has 56 valence electrons. The normalized spacial score (nSPS) is 10.2. The molecule has 2 aromatic heterocycles. The molecule has 2 heterocycles. The Labute approximate surface area is 66.9 Å². The number of H-pyrrole nitrogens is 3. The van der Waals surface area contributed by atoms with Gasteiger partial charge < -0.3 is 0 Å². The van der Waals surface area contributed by atoms with Gasteiger partial charge in [-0.3, -0.25) is 15.3 Å². The third-order valence-corrected chi connectivity index (χ3v) is 1.45. The number of hydrogen-bond acceptors (Lipinski definition) is 3. The minimum Gasteiger partial charge on any atom is -0.280 e. The number of rotatable bonds is 1. The standard InChI is InChI=1S/C5H5N5S/c11-5-7-4(9-10-5)3-1-2-6-8-3/h1-2H,(H,6,8)(H2,7,9,10,11). The molecule has 5 nitrogen and oxygen atoms in total. The van der Waals surface area contributed by atoms with Crippen molar-refractivity contribution >= 4 is 12.2 Å². The summed E-state index contributed by atoms with van der Waals surface area (Å²) in [4.78, 5) is 3.99. The molecule has 0 aromatic carbocycles. The van der Waals surface area contributed by atoms with E-state index in [4.69, 9.17) is 12.2 Å². The van der Waals surface area contributed by atoms with Gasteiger partial charge in [-0.15, -0.1) is 0 Å². The summed E-state index contributed by atoms with van der Waals surface area (Å²) < 4.78 is 0.439. The van der Waals surface area contributed by atoms with Crippen LogP contribution in [0.2, 0.25) is 0 Å². The van der Waals surface area contributed by atoms with Crippen molar-refractivity contribution < 1.29 is 0 Å². The molecule has 0 amide bonds.